The fourth-order valence-electron chi connectivity index (χ4n) is 2.93. The van der Waals surface area contributed by atoms with E-state index in [-0.39, 0.29) is 0 Å². The second-order valence-electron chi connectivity index (χ2n) is 5.64. The van der Waals surface area contributed by atoms with Gasteiger partial charge >= 0.3 is 0 Å². The summed E-state index contributed by atoms with van der Waals surface area (Å²) in [5.74, 6) is 6.61. The van der Waals surface area contributed by atoms with Gasteiger partial charge in [-0.25, -0.2) is 4.98 Å². The number of H-pyrrole nitrogens is 1. The molecule has 1 N–H and O–H groups in total. The maximum atomic E-state index is 5.95. The van der Waals surface area contributed by atoms with Gasteiger partial charge in [-0.15, -0.1) is 0 Å². The second kappa shape index (κ2) is 5.51. The van der Waals surface area contributed by atoms with E-state index in [2.05, 4.69) is 46.1 Å². The summed E-state index contributed by atoms with van der Waals surface area (Å²) in [7, 11) is 0. The molecule has 108 valence electrons. The van der Waals surface area contributed by atoms with E-state index in [4.69, 9.17) is 11.6 Å². The van der Waals surface area contributed by atoms with Crippen LogP contribution in [-0.2, 0) is 0 Å². The number of hydrogen-bond donors (Lipinski definition) is 1. The van der Waals surface area contributed by atoms with Crippen LogP contribution in [-0.4, -0.2) is 9.97 Å². The standard InChI is InChI=1S/C19H15ClN2/c20-18-11-9-15-16-12-14(7-6-13-4-2-1-3-5-13)8-10-17(16)21-19(15)22-18/h4,8-12H,1-3,5H2,(H,21,22). The highest BCUT2D eigenvalue weighted by molar-refractivity contribution is 6.30. The van der Waals surface area contributed by atoms with Crippen LogP contribution in [0.1, 0.15) is 31.2 Å². The molecule has 0 radical (unpaired) electrons. The fourth-order valence-corrected chi connectivity index (χ4v) is 3.08. The SMILES string of the molecule is Clc1ccc2c(n1)[nH]c1ccc(C#CC3=CCCCC3)cc12. The number of fused-ring (bicyclic) bond motifs is 3. The molecule has 22 heavy (non-hydrogen) atoms. The van der Waals surface area contributed by atoms with Crippen molar-refractivity contribution in [2.75, 3.05) is 0 Å². The first-order valence-electron chi connectivity index (χ1n) is 7.59. The normalized spacial score (nSPS) is 14.7. The smallest absolute Gasteiger partial charge is 0.140 e. The zero-order valence-corrected chi connectivity index (χ0v) is 12.9. The van der Waals surface area contributed by atoms with Crippen molar-refractivity contribution >= 4 is 33.5 Å². The van der Waals surface area contributed by atoms with Crippen molar-refractivity contribution in [3.63, 3.8) is 0 Å². The minimum Gasteiger partial charge on any atom is -0.339 e. The number of benzene rings is 1. The lowest BCUT2D eigenvalue weighted by atomic mass is 10.00. The van der Waals surface area contributed by atoms with Gasteiger partial charge in [-0.3, -0.25) is 0 Å². The topological polar surface area (TPSA) is 28.7 Å². The van der Waals surface area contributed by atoms with Crippen molar-refractivity contribution in [1.82, 2.24) is 9.97 Å². The maximum absolute atomic E-state index is 5.95. The number of hydrogen-bond acceptors (Lipinski definition) is 1. The van der Waals surface area contributed by atoms with Gasteiger partial charge in [0.05, 0.1) is 0 Å². The Kier molecular flexibility index (Phi) is 3.36. The van der Waals surface area contributed by atoms with Crippen LogP contribution in [0, 0.1) is 11.8 Å². The number of nitrogens with one attached hydrogen (secondary N) is 1. The maximum Gasteiger partial charge on any atom is 0.140 e. The summed E-state index contributed by atoms with van der Waals surface area (Å²) in [5.41, 5.74) is 4.20. The molecule has 0 unspecified atom stereocenters. The Morgan fingerprint density at radius 1 is 1.05 bits per heavy atom. The Bertz CT molecular complexity index is 954. The van der Waals surface area contributed by atoms with Crippen LogP contribution in [0.3, 0.4) is 0 Å². The van der Waals surface area contributed by atoms with Gasteiger partial charge in [0.25, 0.3) is 0 Å². The lowest BCUT2D eigenvalue weighted by Crippen LogP contribution is -1.88. The third-order valence-electron chi connectivity index (χ3n) is 4.08. The van der Waals surface area contributed by atoms with Crippen LogP contribution in [0.2, 0.25) is 5.15 Å². The molecule has 2 nitrogen and oxygen atoms in total. The van der Waals surface area contributed by atoms with E-state index in [0.29, 0.717) is 5.15 Å². The van der Waals surface area contributed by atoms with Gasteiger partial charge in [-0.1, -0.05) is 29.5 Å². The first-order chi connectivity index (χ1) is 10.8. The second-order valence-corrected chi connectivity index (χ2v) is 6.03. The number of allylic oxidation sites excluding steroid dienone is 2. The molecule has 0 fully saturated rings. The Morgan fingerprint density at radius 2 is 2.00 bits per heavy atom. The molecule has 0 saturated carbocycles. The van der Waals surface area contributed by atoms with E-state index in [9.17, 15) is 0 Å². The number of pyridine rings is 1. The zero-order chi connectivity index (χ0) is 14.9. The van der Waals surface area contributed by atoms with Crippen LogP contribution < -0.4 is 0 Å². The lowest BCUT2D eigenvalue weighted by molar-refractivity contribution is 0.715. The first kappa shape index (κ1) is 13.4. The molecule has 0 spiro atoms. The van der Waals surface area contributed by atoms with Gasteiger partial charge in [0.2, 0.25) is 0 Å². The van der Waals surface area contributed by atoms with Gasteiger partial charge in [-0.2, -0.15) is 0 Å². The van der Waals surface area contributed by atoms with Crippen molar-refractivity contribution in [2.24, 2.45) is 0 Å². The van der Waals surface area contributed by atoms with Crippen LogP contribution >= 0.6 is 11.6 Å². The van der Waals surface area contributed by atoms with Crippen molar-refractivity contribution in [3.05, 3.63) is 52.7 Å². The average molecular weight is 307 g/mol. The first-order valence-corrected chi connectivity index (χ1v) is 7.96. The average Bonchev–Trinajstić information content (AvgIpc) is 2.90. The number of aromatic amines is 1. The third-order valence-corrected chi connectivity index (χ3v) is 4.29. The molecular weight excluding hydrogens is 292 g/mol. The summed E-state index contributed by atoms with van der Waals surface area (Å²) >= 11 is 5.95. The van der Waals surface area contributed by atoms with Gasteiger partial charge in [0.15, 0.2) is 0 Å². The number of aromatic nitrogens is 2. The monoisotopic (exact) mass is 306 g/mol. The van der Waals surface area contributed by atoms with Gasteiger partial charge in [-0.05, 0) is 61.6 Å². The summed E-state index contributed by atoms with van der Waals surface area (Å²) in [4.78, 5) is 7.62. The molecule has 1 aliphatic carbocycles. The van der Waals surface area contributed by atoms with E-state index in [0.717, 1.165) is 40.3 Å². The highest BCUT2D eigenvalue weighted by Crippen LogP contribution is 2.26. The number of rotatable bonds is 0. The summed E-state index contributed by atoms with van der Waals surface area (Å²) in [6, 6.07) is 10.1. The van der Waals surface area contributed by atoms with E-state index in [1.165, 1.54) is 18.4 Å². The molecule has 4 rings (SSSR count). The Labute approximate surface area is 134 Å². The Morgan fingerprint density at radius 3 is 2.86 bits per heavy atom. The highest BCUT2D eigenvalue weighted by Gasteiger charge is 2.06. The molecular formula is C19H15ClN2. The lowest BCUT2D eigenvalue weighted by Gasteiger charge is -2.05. The van der Waals surface area contributed by atoms with Crippen molar-refractivity contribution in [1.29, 1.82) is 0 Å². The van der Waals surface area contributed by atoms with Crippen molar-refractivity contribution in [3.8, 4) is 11.8 Å². The molecule has 2 aromatic heterocycles. The quantitative estimate of drug-likeness (QED) is 0.447. The van der Waals surface area contributed by atoms with Crippen LogP contribution in [0.5, 0.6) is 0 Å². The molecule has 3 heteroatoms. The van der Waals surface area contributed by atoms with E-state index < -0.39 is 0 Å². The van der Waals surface area contributed by atoms with Gasteiger partial charge in [0, 0.05) is 21.9 Å². The zero-order valence-electron chi connectivity index (χ0n) is 12.1. The molecule has 2 heterocycles. The molecule has 0 bridgehead atoms. The number of halogens is 1. The number of nitrogens with zero attached hydrogens (tertiary/aromatic N) is 1. The minimum atomic E-state index is 0.503. The van der Waals surface area contributed by atoms with Gasteiger partial charge in [0.1, 0.15) is 10.8 Å². The Balaban J connectivity index is 1.78. The summed E-state index contributed by atoms with van der Waals surface area (Å²) in [6.45, 7) is 0. The predicted octanol–water partition coefficient (Wildman–Crippen LogP) is 5.22. The van der Waals surface area contributed by atoms with Crippen LogP contribution in [0.25, 0.3) is 21.9 Å². The minimum absolute atomic E-state index is 0.503. The Hall–Kier alpha value is -2.24. The summed E-state index contributed by atoms with van der Waals surface area (Å²) in [5, 5.41) is 2.73. The molecule has 0 amide bonds. The van der Waals surface area contributed by atoms with Crippen LogP contribution in [0.4, 0.5) is 0 Å². The van der Waals surface area contributed by atoms with E-state index in [1.54, 1.807) is 0 Å². The van der Waals surface area contributed by atoms with E-state index >= 15 is 0 Å². The van der Waals surface area contributed by atoms with E-state index in [1.807, 2.05) is 12.1 Å². The molecule has 0 aliphatic heterocycles. The van der Waals surface area contributed by atoms with Crippen molar-refractivity contribution < 1.29 is 0 Å². The largest absolute Gasteiger partial charge is 0.339 e. The summed E-state index contributed by atoms with van der Waals surface area (Å²) < 4.78 is 0. The third kappa shape index (κ3) is 2.49. The summed E-state index contributed by atoms with van der Waals surface area (Å²) in [6.07, 6.45) is 7.10. The molecule has 0 saturated heterocycles. The fraction of sp³-hybridized carbons (Fsp3) is 0.211. The van der Waals surface area contributed by atoms with Gasteiger partial charge < -0.3 is 4.98 Å². The molecule has 0 atom stereocenters. The molecule has 1 aliphatic rings. The molecule has 1 aromatic carbocycles. The van der Waals surface area contributed by atoms with Crippen molar-refractivity contribution in [2.45, 2.75) is 25.7 Å². The predicted molar refractivity (Wildman–Crippen MR) is 92.0 cm³/mol. The molecule has 3 aromatic rings. The van der Waals surface area contributed by atoms with Crippen LogP contribution in [0.15, 0.2) is 42.0 Å². The highest BCUT2D eigenvalue weighted by atomic mass is 35.5.